The molecular weight excluding hydrogens is 297 g/mol. The van der Waals surface area contributed by atoms with Gasteiger partial charge >= 0.3 is 7.60 Å². The summed E-state index contributed by atoms with van der Waals surface area (Å²) in [5.41, 5.74) is 5.91. The fraction of sp³-hybridized carbons (Fsp3) is 0.182. The second-order valence-electron chi connectivity index (χ2n) is 4.53. The predicted octanol–water partition coefficient (Wildman–Crippen LogP) is 0.339. The Morgan fingerprint density at radius 3 is 2.76 bits per heavy atom. The molecule has 0 radical (unpaired) electrons. The highest BCUT2D eigenvalue weighted by atomic mass is 31.2. The predicted molar refractivity (Wildman–Crippen MR) is 77.5 cm³/mol. The van der Waals surface area contributed by atoms with Crippen molar-refractivity contribution in [3.63, 3.8) is 0 Å². The molecule has 9 nitrogen and oxygen atoms in total. The lowest BCUT2D eigenvalue weighted by atomic mass is 10.2. The summed E-state index contributed by atoms with van der Waals surface area (Å²) in [6, 6.07) is 0. The molecule has 0 saturated carbocycles. The third-order valence-corrected chi connectivity index (χ3v) is 3.74. The molecular formula is C11H14N5O4P. The summed E-state index contributed by atoms with van der Waals surface area (Å²) in [6.45, 7) is 7.27. The van der Waals surface area contributed by atoms with E-state index in [1.165, 1.54) is 10.9 Å². The fourth-order valence-electron chi connectivity index (χ4n) is 1.77. The standard InChI is InChI=1S/C11H14N5O4P/c1-6(3-7(2)21(18,19)20)4-16-5-13-8-9(16)14-11(12)15-10(8)17/h5H,1-4H2,(H2,18,19,20)(H3,12,14,15,17). The van der Waals surface area contributed by atoms with Crippen LogP contribution >= 0.6 is 7.60 Å². The van der Waals surface area contributed by atoms with Crippen molar-refractivity contribution in [3.8, 4) is 0 Å². The highest BCUT2D eigenvalue weighted by Gasteiger charge is 2.19. The minimum absolute atomic E-state index is 0.0391. The Kier molecular flexibility index (Phi) is 3.82. The van der Waals surface area contributed by atoms with Gasteiger partial charge in [0.1, 0.15) is 0 Å². The average Bonchev–Trinajstić information content (AvgIpc) is 2.71. The number of nitrogens with one attached hydrogen (secondary N) is 1. The monoisotopic (exact) mass is 311 g/mol. The maximum absolute atomic E-state index is 11.6. The second-order valence-corrected chi connectivity index (χ2v) is 6.25. The molecule has 0 atom stereocenters. The van der Waals surface area contributed by atoms with E-state index in [-0.39, 0.29) is 35.4 Å². The first kappa shape index (κ1) is 15.2. The number of nitrogens with zero attached hydrogens (tertiary/aromatic N) is 3. The van der Waals surface area contributed by atoms with Gasteiger partial charge in [-0.3, -0.25) is 14.3 Å². The SMILES string of the molecule is C=C(CC(=C)P(=O)(O)O)Cn1cnc2c(=O)[nH]c(N)nc21. The first-order chi connectivity index (χ1) is 9.68. The zero-order valence-corrected chi connectivity index (χ0v) is 11.9. The van der Waals surface area contributed by atoms with E-state index >= 15 is 0 Å². The quantitative estimate of drug-likeness (QED) is 0.459. The van der Waals surface area contributed by atoms with Gasteiger partial charge in [-0.15, -0.1) is 0 Å². The molecule has 0 bridgehead atoms. The Balaban J connectivity index is 2.25. The number of nitrogens with two attached hydrogens (primary N) is 1. The van der Waals surface area contributed by atoms with Crippen LogP contribution in [0.4, 0.5) is 5.95 Å². The van der Waals surface area contributed by atoms with Crippen molar-refractivity contribution in [1.82, 2.24) is 19.5 Å². The lowest BCUT2D eigenvalue weighted by Gasteiger charge is -2.10. The summed E-state index contributed by atoms with van der Waals surface area (Å²) in [7, 11) is -4.34. The Morgan fingerprint density at radius 2 is 2.14 bits per heavy atom. The number of allylic oxidation sites excluding steroid dienone is 2. The van der Waals surface area contributed by atoms with Gasteiger partial charge in [0.2, 0.25) is 5.95 Å². The molecule has 0 aromatic carbocycles. The number of rotatable bonds is 5. The third-order valence-electron chi connectivity index (χ3n) is 2.75. The summed E-state index contributed by atoms with van der Waals surface area (Å²) in [5.74, 6) is -0.0421. The molecule has 5 N–H and O–H groups in total. The molecule has 0 fully saturated rings. The molecule has 0 aliphatic heterocycles. The van der Waals surface area contributed by atoms with Gasteiger partial charge in [0, 0.05) is 18.3 Å². The van der Waals surface area contributed by atoms with E-state index in [0.717, 1.165) is 0 Å². The molecule has 0 aliphatic carbocycles. The number of aromatic amines is 1. The molecule has 2 aromatic rings. The summed E-state index contributed by atoms with van der Waals surface area (Å²) in [5, 5.41) is -0.220. The van der Waals surface area contributed by atoms with Gasteiger partial charge in [0.25, 0.3) is 5.56 Å². The highest BCUT2D eigenvalue weighted by Crippen LogP contribution is 2.46. The normalized spacial score (nSPS) is 11.7. The van der Waals surface area contributed by atoms with Crippen LogP contribution in [0.2, 0.25) is 0 Å². The number of anilines is 1. The average molecular weight is 311 g/mol. The van der Waals surface area contributed by atoms with Crippen LogP contribution in [-0.2, 0) is 11.1 Å². The first-order valence-electron chi connectivity index (χ1n) is 5.79. The van der Waals surface area contributed by atoms with Crippen LogP contribution in [0.15, 0.2) is 35.2 Å². The summed E-state index contributed by atoms with van der Waals surface area (Å²) in [4.78, 5) is 39.8. The fourth-order valence-corrected chi connectivity index (χ4v) is 2.20. The van der Waals surface area contributed by atoms with Crippen molar-refractivity contribution in [2.45, 2.75) is 13.0 Å². The largest absolute Gasteiger partial charge is 0.369 e. The minimum atomic E-state index is -4.34. The number of nitrogen functional groups attached to an aromatic ring is 1. The molecule has 112 valence electrons. The van der Waals surface area contributed by atoms with Gasteiger partial charge in [0.05, 0.1) is 6.33 Å². The van der Waals surface area contributed by atoms with Crippen molar-refractivity contribution in [2.75, 3.05) is 5.73 Å². The van der Waals surface area contributed by atoms with Gasteiger partial charge in [0.15, 0.2) is 11.2 Å². The van der Waals surface area contributed by atoms with E-state index < -0.39 is 13.2 Å². The molecule has 2 aromatic heterocycles. The Labute approximate surface area is 119 Å². The number of hydrogen-bond acceptors (Lipinski definition) is 5. The first-order valence-corrected chi connectivity index (χ1v) is 7.41. The third kappa shape index (κ3) is 3.27. The Bertz CT molecular complexity index is 831. The zero-order chi connectivity index (χ0) is 15.8. The molecule has 0 saturated heterocycles. The van der Waals surface area contributed by atoms with E-state index in [2.05, 4.69) is 28.1 Å². The molecule has 10 heteroatoms. The smallest absolute Gasteiger partial charge is 0.351 e. The highest BCUT2D eigenvalue weighted by molar-refractivity contribution is 7.56. The van der Waals surface area contributed by atoms with Crippen LogP contribution in [0.5, 0.6) is 0 Å². The maximum atomic E-state index is 11.6. The van der Waals surface area contributed by atoms with Crippen LogP contribution in [0.25, 0.3) is 11.2 Å². The van der Waals surface area contributed by atoms with E-state index in [1.54, 1.807) is 0 Å². The maximum Gasteiger partial charge on any atom is 0.351 e. The number of hydrogen-bond donors (Lipinski definition) is 4. The summed E-state index contributed by atoms with van der Waals surface area (Å²) >= 11 is 0. The molecule has 0 aliphatic rings. The Morgan fingerprint density at radius 1 is 1.48 bits per heavy atom. The molecule has 0 spiro atoms. The lowest BCUT2D eigenvalue weighted by Crippen LogP contribution is -2.12. The van der Waals surface area contributed by atoms with Gasteiger partial charge in [-0.1, -0.05) is 18.7 Å². The molecule has 2 heterocycles. The van der Waals surface area contributed by atoms with Crippen molar-refractivity contribution >= 4 is 24.7 Å². The van der Waals surface area contributed by atoms with E-state index in [0.29, 0.717) is 5.57 Å². The van der Waals surface area contributed by atoms with E-state index in [1.807, 2.05) is 0 Å². The van der Waals surface area contributed by atoms with Crippen LogP contribution in [-0.4, -0.2) is 29.3 Å². The van der Waals surface area contributed by atoms with E-state index in [9.17, 15) is 9.36 Å². The van der Waals surface area contributed by atoms with Crippen LogP contribution < -0.4 is 11.3 Å². The zero-order valence-electron chi connectivity index (χ0n) is 11.0. The van der Waals surface area contributed by atoms with Crippen LogP contribution in [0.3, 0.4) is 0 Å². The van der Waals surface area contributed by atoms with Crippen molar-refractivity contribution in [3.05, 3.63) is 40.7 Å². The van der Waals surface area contributed by atoms with Crippen molar-refractivity contribution < 1.29 is 14.4 Å². The summed E-state index contributed by atoms with van der Waals surface area (Å²) in [6.07, 6.45) is 1.35. The van der Waals surface area contributed by atoms with Gasteiger partial charge in [-0.2, -0.15) is 4.98 Å². The number of imidazole rings is 1. The number of H-pyrrole nitrogens is 1. The van der Waals surface area contributed by atoms with Crippen LogP contribution in [0.1, 0.15) is 6.42 Å². The lowest BCUT2D eigenvalue weighted by molar-refractivity contribution is 0.381. The molecule has 0 amide bonds. The van der Waals surface area contributed by atoms with Crippen LogP contribution in [0, 0.1) is 0 Å². The second kappa shape index (κ2) is 5.28. The minimum Gasteiger partial charge on any atom is -0.369 e. The van der Waals surface area contributed by atoms with Crippen molar-refractivity contribution in [2.24, 2.45) is 0 Å². The van der Waals surface area contributed by atoms with Crippen molar-refractivity contribution in [1.29, 1.82) is 0 Å². The van der Waals surface area contributed by atoms with E-state index in [4.69, 9.17) is 15.5 Å². The number of aromatic nitrogens is 4. The molecule has 21 heavy (non-hydrogen) atoms. The topological polar surface area (TPSA) is 147 Å². The van der Waals surface area contributed by atoms with Gasteiger partial charge < -0.3 is 20.1 Å². The molecule has 2 rings (SSSR count). The van der Waals surface area contributed by atoms with Gasteiger partial charge in [-0.05, 0) is 0 Å². The molecule has 0 unspecified atom stereocenters. The Hall–Kier alpha value is -2.22. The number of fused-ring (bicyclic) bond motifs is 1. The summed E-state index contributed by atoms with van der Waals surface area (Å²) < 4.78 is 12.6. The van der Waals surface area contributed by atoms with Gasteiger partial charge in [-0.25, -0.2) is 4.98 Å².